The zero-order valence-electron chi connectivity index (χ0n) is 21.0. The van der Waals surface area contributed by atoms with E-state index in [4.69, 9.17) is 0 Å². The Balaban J connectivity index is 1.14. The van der Waals surface area contributed by atoms with Gasteiger partial charge in [0.25, 0.3) is 5.91 Å². The van der Waals surface area contributed by atoms with Crippen LogP contribution in [0.1, 0.15) is 46.7 Å². The molecule has 3 heterocycles. The lowest BCUT2D eigenvalue weighted by atomic mass is 9.89. The fourth-order valence-electron chi connectivity index (χ4n) is 5.18. The van der Waals surface area contributed by atoms with Crippen LogP contribution < -0.4 is 10.2 Å². The van der Waals surface area contributed by atoms with E-state index in [2.05, 4.69) is 15.5 Å². The maximum atomic E-state index is 14.2. The third-order valence-electron chi connectivity index (χ3n) is 7.40. The van der Waals surface area contributed by atoms with Gasteiger partial charge in [0.15, 0.2) is 5.82 Å². The van der Waals surface area contributed by atoms with E-state index in [0.717, 1.165) is 24.3 Å². The molecule has 0 radical (unpaired) electrons. The van der Waals surface area contributed by atoms with Crippen molar-refractivity contribution in [3.8, 4) is 0 Å². The van der Waals surface area contributed by atoms with Gasteiger partial charge in [-0.25, -0.2) is 4.39 Å². The molecule has 2 amide bonds. The second-order valence-electron chi connectivity index (χ2n) is 9.88. The van der Waals surface area contributed by atoms with Crippen molar-refractivity contribution < 1.29 is 27.2 Å². The van der Waals surface area contributed by atoms with Crippen LogP contribution in [0.2, 0.25) is 0 Å². The van der Waals surface area contributed by atoms with Crippen molar-refractivity contribution in [2.45, 2.75) is 31.4 Å². The second-order valence-corrected chi connectivity index (χ2v) is 9.88. The molecule has 2 aromatic carbocycles. The number of likely N-dealkylation sites (tertiary alicyclic amines) is 1. The molecule has 1 aromatic heterocycles. The van der Waals surface area contributed by atoms with Gasteiger partial charge in [0.1, 0.15) is 5.82 Å². The Morgan fingerprint density at radius 3 is 2.36 bits per heavy atom. The number of nitrogens with zero attached hydrogens (tertiary/aromatic N) is 4. The van der Waals surface area contributed by atoms with E-state index in [1.165, 1.54) is 4.90 Å². The third-order valence-corrected chi connectivity index (χ3v) is 7.40. The molecule has 204 valence electrons. The molecule has 11 heteroatoms. The van der Waals surface area contributed by atoms with Crippen LogP contribution in [-0.2, 0) is 11.0 Å². The highest BCUT2D eigenvalue weighted by atomic mass is 19.4. The van der Waals surface area contributed by atoms with Crippen molar-refractivity contribution in [2.24, 2.45) is 5.92 Å². The van der Waals surface area contributed by atoms with Crippen LogP contribution in [0, 0.1) is 11.7 Å². The van der Waals surface area contributed by atoms with Gasteiger partial charge in [-0.3, -0.25) is 9.59 Å². The lowest BCUT2D eigenvalue weighted by molar-refractivity contribution is -0.137. The molecule has 2 aliphatic heterocycles. The van der Waals surface area contributed by atoms with Crippen LogP contribution in [0.5, 0.6) is 0 Å². The molecule has 1 atom stereocenters. The van der Waals surface area contributed by atoms with Crippen molar-refractivity contribution in [1.82, 2.24) is 15.1 Å². The van der Waals surface area contributed by atoms with Crippen LogP contribution in [0.3, 0.4) is 0 Å². The van der Waals surface area contributed by atoms with Gasteiger partial charge < -0.3 is 15.1 Å². The molecule has 3 aromatic rings. The normalized spacial score (nSPS) is 18.3. The van der Waals surface area contributed by atoms with Crippen LogP contribution in [0.15, 0.2) is 60.8 Å². The summed E-state index contributed by atoms with van der Waals surface area (Å²) in [6.45, 7) is 1.92. The number of carbonyl (C=O) groups is 2. The number of hydrogen-bond donors (Lipinski definition) is 1. The Hall–Kier alpha value is -4.02. The number of rotatable bonds is 5. The highest BCUT2D eigenvalue weighted by molar-refractivity contribution is 5.95. The summed E-state index contributed by atoms with van der Waals surface area (Å²) in [5, 5.41) is 11.0. The van der Waals surface area contributed by atoms with Crippen molar-refractivity contribution in [2.75, 3.05) is 36.4 Å². The first-order valence-corrected chi connectivity index (χ1v) is 12.8. The highest BCUT2D eigenvalue weighted by Crippen LogP contribution is 2.33. The Morgan fingerprint density at radius 1 is 0.949 bits per heavy atom. The standard InChI is InChI=1S/C28H27F4N5O2/c29-24-8-5-21(28(30,31)32)16-23(24)27(39)36-13-9-19(10-14-36)18-3-6-22(7-4-18)34-26(38)20-11-15-37(17-20)25-2-1-12-33-35-25/h1-8,12,16,19-20H,9-11,13-15,17H2,(H,34,38). The van der Waals surface area contributed by atoms with E-state index in [0.29, 0.717) is 56.4 Å². The molecular formula is C28H27F4N5O2. The Labute approximate surface area is 222 Å². The molecule has 0 aliphatic carbocycles. The predicted octanol–water partition coefficient (Wildman–Crippen LogP) is 5.12. The van der Waals surface area contributed by atoms with Gasteiger partial charge in [0.2, 0.25) is 5.91 Å². The summed E-state index contributed by atoms with van der Waals surface area (Å²) in [6.07, 6.45) is -1.13. The topological polar surface area (TPSA) is 78.4 Å². The summed E-state index contributed by atoms with van der Waals surface area (Å²) in [7, 11) is 0. The van der Waals surface area contributed by atoms with Gasteiger partial charge >= 0.3 is 6.18 Å². The number of carbonyl (C=O) groups excluding carboxylic acids is 2. The average molecular weight is 542 g/mol. The predicted molar refractivity (Wildman–Crippen MR) is 137 cm³/mol. The molecule has 2 saturated heterocycles. The molecule has 5 rings (SSSR count). The highest BCUT2D eigenvalue weighted by Gasteiger charge is 2.33. The van der Waals surface area contributed by atoms with Crippen LogP contribution >= 0.6 is 0 Å². The number of piperidine rings is 1. The monoisotopic (exact) mass is 541 g/mol. The second kappa shape index (κ2) is 11.0. The van der Waals surface area contributed by atoms with Crippen LogP contribution in [0.25, 0.3) is 0 Å². The molecule has 1 unspecified atom stereocenters. The Bertz CT molecular complexity index is 1330. The van der Waals surface area contributed by atoms with Gasteiger partial charge in [-0.1, -0.05) is 12.1 Å². The lowest BCUT2D eigenvalue weighted by Gasteiger charge is -2.32. The summed E-state index contributed by atoms with van der Waals surface area (Å²) < 4.78 is 53.2. The van der Waals surface area contributed by atoms with Gasteiger partial charge in [0, 0.05) is 38.1 Å². The number of nitrogens with one attached hydrogen (secondary N) is 1. The lowest BCUT2D eigenvalue weighted by Crippen LogP contribution is -2.38. The average Bonchev–Trinajstić information content (AvgIpc) is 3.44. The fourth-order valence-corrected chi connectivity index (χ4v) is 5.18. The molecule has 0 spiro atoms. The molecule has 0 saturated carbocycles. The van der Waals surface area contributed by atoms with E-state index < -0.39 is 29.0 Å². The first kappa shape index (κ1) is 26.6. The Morgan fingerprint density at radius 2 is 1.69 bits per heavy atom. The zero-order chi connectivity index (χ0) is 27.6. The molecule has 39 heavy (non-hydrogen) atoms. The van der Waals surface area contributed by atoms with E-state index in [1.54, 1.807) is 6.20 Å². The van der Waals surface area contributed by atoms with Gasteiger partial charge in [0.05, 0.1) is 17.0 Å². The Kier molecular flexibility index (Phi) is 7.49. The van der Waals surface area contributed by atoms with Crippen molar-refractivity contribution in [1.29, 1.82) is 0 Å². The number of benzene rings is 2. The summed E-state index contributed by atoms with van der Waals surface area (Å²) in [5.41, 5.74) is 0.116. The molecule has 0 bridgehead atoms. The number of alkyl halides is 3. The van der Waals surface area contributed by atoms with E-state index in [-0.39, 0.29) is 17.7 Å². The number of hydrogen-bond acceptors (Lipinski definition) is 5. The zero-order valence-corrected chi connectivity index (χ0v) is 21.0. The van der Waals surface area contributed by atoms with E-state index in [1.807, 2.05) is 41.3 Å². The fraction of sp³-hybridized carbons (Fsp3) is 0.357. The van der Waals surface area contributed by atoms with Crippen molar-refractivity contribution in [3.63, 3.8) is 0 Å². The largest absolute Gasteiger partial charge is 0.416 e. The number of amides is 2. The molecule has 2 aliphatic rings. The van der Waals surface area contributed by atoms with Crippen LogP contribution in [0.4, 0.5) is 29.1 Å². The van der Waals surface area contributed by atoms with Crippen LogP contribution in [-0.4, -0.2) is 53.1 Å². The minimum Gasteiger partial charge on any atom is -0.354 e. The molecular weight excluding hydrogens is 514 g/mol. The SMILES string of the molecule is O=C(Nc1ccc(C2CCN(C(=O)c3cc(C(F)(F)F)ccc3F)CC2)cc1)C1CCN(c2cccnn2)C1. The number of aromatic nitrogens is 2. The minimum atomic E-state index is -4.66. The molecule has 2 fully saturated rings. The van der Waals surface area contributed by atoms with E-state index >= 15 is 0 Å². The van der Waals surface area contributed by atoms with Gasteiger partial charge in [-0.05, 0) is 73.2 Å². The maximum Gasteiger partial charge on any atom is 0.416 e. The molecule has 1 N–H and O–H groups in total. The van der Waals surface area contributed by atoms with Gasteiger partial charge in [-0.15, -0.1) is 5.10 Å². The number of anilines is 2. The van der Waals surface area contributed by atoms with E-state index in [9.17, 15) is 27.2 Å². The summed E-state index contributed by atoms with van der Waals surface area (Å²) in [4.78, 5) is 29.0. The first-order chi connectivity index (χ1) is 18.7. The smallest absolute Gasteiger partial charge is 0.354 e. The van der Waals surface area contributed by atoms with Gasteiger partial charge in [-0.2, -0.15) is 18.3 Å². The maximum absolute atomic E-state index is 14.2. The quantitative estimate of drug-likeness (QED) is 0.454. The number of halogens is 4. The first-order valence-electron chi connectivity index (χ1n) is 12.8. The summed E-state index contributed by atoms with van der Waals surface area (Å²) in [6, 6.07) is 13.1. The minimum absolute atomic E-state index is 0.0530. The summed E-state index contributed by atoms with van der Waals surface area (Å²) in [5.74, 6) is -1.02. The summed E-state index contributed by atoms with van der Waals surface area (Å²) >= 11 is 0. The van der Waals surface area contributed by atoms with Crippen molar-refractivity contribution >= 4 is 23.3 Å². The molecule has 7 nitrogen and oxygen atoms in total. The third kappa shape index (κ3) is 6.02. The van der Waals surface area contributed by atoms with Crippen molar-refractivity contribution in [3.05, 3.63) is 83.3 Å².